The van der Waals surface area contributed by atoms with Gasteiger partial charge in [-0.05, 0) is 44.2 Å². The number of nitrogens with zero attached hydrogens (tertiary/aromatic N) is 2. The number of ether oxygens (including phenoxy) is 1. The van der Waals surface area contributed by atoms with Gasteiger partial charge in [0.1, 0.15) is 5.82 Å². The van der Waals surface area contributed by atoms with Crippen molar-refractivity contribution in [3.63, 3.8) is 0 Å². The molecule has 2 heterocycles. The third-order valence-electron chi connectivity index (χ3n) is 5.22. The van der Waals surface area contributed by atoms with Crippen LogP contribution in [-0.4, -0.2) is 56.3 Å². The van der Waals surface area contributed by atoms with E-state index in [0.29, 0.717) is 11.4 Å². The van der Waals surface area contributed by atoms with Crippen LogP contribution in [0.15, 0.2) is 24.4 Å². The Hall–Kier alpha value is -0.700. The Morgan fingerprint density at radius 1 is 1.27 bits per heavy atom. The Balaban J connectivity index is 1.63. The number of hydrogen-bond donors (Lipinski definition) is 1. The maximum Gasteiger partial charge on any atom is 0.208 e. The quantitative estimate of drug-likeness (QED) is 0.681. The van der Waals surface area contributed by atoms with Crippen LogP contribution in [0.25, 0.3) is 0 Å². The molecule has 1 N–H and O–H groups in total. The number of alkyl halides is 1. The van der Waals surface area contributed by atoms with E-state index in [1.807, 2.05) is 18.2 Å². The van der Waals surface area contributed by atoms with Gasteiger partial charge in [0, 0.05) is 36.1 Å². The van der Waals surface area contributed by atoms with Crippen LogP contribution in [0.1, 0.15) is 32.1 Å². The van der Waals surface area contributed by atoms with E-state index in [0.717, 1.165) is 51.0 Å². The third-order valence-corrected chi connectivity index (χ3v) is 6.87. The largest absolute Gasteiger partial charge is 0.378 e. The molecule has 0 radical (unpaired) electrons. The van der Waals surface area contributed by atoms with Gasteiger partial charge >= 0.3 is 0 Å². The molecule has 8 heteroatoms. The summed E-state index contributed by atoms with van der Waals surface area (Å²) in [6.45, 7) is 2.11. The number of aromatic nitrogens is 1. The highest BCUT2D eigenvalue weighted by molar-refractivity contribution is 9.09. The lowest BCUT2D eigenvalue weighted by Crippen LogP contribution is -2.52. The van der Waals surface area contributed by atoms with E-state index in [9.17, 15) is 8.42 Å². The van der Waals surface area contributed by atoms with Crippen molar-refractivity contribution in [3.8, 4) is 0 Å². The number of halogens is 1. The molecule has 2 fully saturated rings. The van der Waals surface area contributed by atoms with Crippen LogP contribution in [0.3, 0.4) is 0 Å². The first-order valence-electron chi connectivity index (χ1n) is 9.29. The Bertz CT molecular complexity index is 666. The van der Waals surface area contributed by atoms with Crippen molar-refractivity contribution < 1.29 is 13.2 Å². The number of piperidine rings is 1. The van der Waals surface area contributed by atoms with Crippen molar-refractivity contribution in [3.05, 3.63) is 24.4 Å². The molecule has 0 bridgehead atoms. The van der Waals surface area contributed by atoms with Crippen molar-refractivity contribution in [2.75, 3.05) is 30.9 Å². The molecular formula is C18H28BrN3O3S. The van der Waals surface area contributed by atoms with E-state index in [1.165, 1.54) is 6.26 Å². The lowest BCUT2D eigenvalue weighted by Gasteiger charge is -2.39. The summed E-state index contributed by atoms with van der Waals surface area (Å²) in [6.07, 6.45) is 8.47. The van der Waals surface area contributed by atoms with Crippen LogP contribution in [0.4, 0.5) is 5.82 Å². The number of nitrogens with one attached hydrogen (secondary N) is 1. The van der Waals surface area contributed by atoms with E-state index in [2.05, 4.69) is 30.5 Å². The second-order valence-electron chi connectivity index (χ2n) is 7.39. The predicted molar refractivity (Wildman–Crippen MR) is 107 cm³/mol. The smallest absolute Gasteiger partial charge is 0.208 e. The van der Waals surface area contributed by atoms with Gasteiger partial charge in [-0.25, -0.2) is 18.1 Å². The predicted octanol–water partition coefficient (Wildman–Crippen LogP) is 2.55. The molecular weight excluding hydrogens is 418 g/mol. The van der Waals surface area contributed by atoms with Crippen LogP contribution in [0, 0.1) is 5.92 Å². The minimum absolute atomic E-state index is 0.0857. The first-order valence-corrected chi connectivity index (χ1v) is 12.1. The maximum absolute atomic E-state index is 11.8. The standard InChI is InChI=1S/C18H28BrN3O3S/c1-26(23,24)21-17-9-11-22(18-4-2-3-10-20-18)12-14(17)13-25-16-7-5-15(19)6-8-16/h2-4,10,14-17,21H,5-9,11-13H2,1H3. The molecule has 6 nitrogen and oxygen atoms in total. The van der Waals surface area contributed by atoms with Gasteiger partial charge in [-0.15, -0.1) is 0 Å². The highest BCUT2D eigenvalue weighted by atomic mass is 79.9. The minimum Gasteiger partial charge on any atom is -0.378 e. The molecule has 2 unspecified atom stereocenters. The van der Waals surface area contributed by atoms with Crippen molar-refractivity contribution in [1.82, 2.24) is 9.71 Å². The summed E-state index contributed by atoms with van der Waals surface area (Å²) < 4.78 is 32.5. The van der Waals surface area contributed by atoms with Crippen LogP contribution in [0.2, 0.25) is 0 Å². The van der Waals surface area contributed by atoms with Gasteiger partial charge in [0.25, 0.3) is 0 Å². The summed E-state index contributed by atoms with van der Waals surface area (Å²) in [7, 11) is -3.24. The topological polar surface area (TPSA) is 71.5 Å². The van der Waals surface area contributed by atoms with Crippen molar-refractivity contribution in [2.45, 2.75) is 49.1 Å². The maximum atomic E-state index is 11.8. The molecule has 2 atom stereocenters. The second-order valence-corrected chi connectivity index (χ2v) is 10.5. The van der Waals surface area contributed by atoms with Gasteiger partial charge in [-0.1, -0.05) is 22.0 Å². The van der Waals surface area contributed by atoms with Gasteiger partial charge in [0.05, 0.1) is 19.0 Å². The van der Waals surface area contributed by atoms with Crippen molar-refractivity contribution >= 4 is 31.8 Å². The molecule has 0 amide bonds. The second kappa shape index (κ2) is 8.99. The molecule has 146 valence electrons. The number of sulfonamides is 1. The molecule has 1 aliphatic carbocycles. The number of anilines is 1. The summed E-state index contributed by atoms with van der Waals surface area (Å²) in [5, 5.41) is 0. The number of hydrogen-bond acceptors (Lipinski definition) is 5. The van der Waals surface area contributed by atoms with Crippen LogP contribution in [0.5, 0.6) is 0 Å². The zero-order valence-corrected chi connectivity index (χ0v) is 17.6. The Morgan fingerprint density at radius 2 is 2.04 bits per heavy atom. The Labute approximate surface area is 164 Å². The molecule has 1 aromatic rings. The SMILES string of the molecule is CS(=O)(=O)NC1CCN(c2ccccn2)CC1COC1CCC(Br)CC1. The van der Waals surface area contributed by atoms with E-state index < -0.39 is 10.0 Å². The Kier molecular flexibility index (Phi) is 6.93. The first-order chi connectivity index (χ1) is 12.4. The molecule has 1 saturated heterocycles. The van der Waals surface area contributed by atoms with Gasteiger partial charge in [-0.3, -0.25) is 0 Å². The fraction of sp³-hybridized carbons (Fsp3) is 0.722. The van der Waals surface area contributed by atoms with Crippen LogP contribution in [-0.2, 0) is 14.8 Å². The molecule has 26 heavy (non-hydrogen) atoms. The molecule has 1 aromatic heterocycles. The summed E-state index contributed by atoms with van der Waals surface area (Å²) >= 11 is 3.67. The number of pyridine rings is 1. The molecule has 0 spiro atoms. The zero-order valence-electron chi connectivity index (χ0n) is 15.2. The van der Waals surface area contributed by atoms with Crippen LogP contribution >= 0.6 is 15.9 Å². The summed E-state index contributed by atoms with van der Waals surface area (Å²) in [4.78, 5) is 7.27. The summed E-state index contributed by atoms with van der Waals surface area (Å²) in [5.41, 5.74) is 0. The van der Waals surface area contributed by atoms with E-state index in [4.69, 9.17) is 4.74 Å². The highest BCUT2D eigenvalue weighted by Gasteiger charge is 2.33. The van der Waals surface area contributed by atoms with Gasteiger partial charge in [0.15, 0.2) is 0 Å². The monoisotopic (exact) mass is 445 g/mol. The van der Waals surface area contributed by atoms with Gasteiger partial charge < -0.3 is 9.64 Å². The normalized spacial score (nSPS) is 30.3. The Morgan fingerprint density at radius 3 is 2.69 bits per heavy atom. The fourth-order valence-corrected chi connectivity index (χ4v) is 5.22. The first kappa shape index (κ1) is 20.0. The van der Waals surface area contributed by atoms with Crippen molar-refractivity contribution in [2.24, 2.45) is 5.92 Å². The van der Waals surface area contributed by atoms with Gasteiger partial charge in [0.2, 0.25) is 10.0 Å². The van der Waals surface area contributed by atoms with E-state index in [-0.39, 0.29) is 18.1 Å². The van der Waals surface area contributed by atoms with E-state index >= 15 is 0 Å². The number of rotatable bonds is 6. The lowest BCUT2D eigenvalue weighted by atomic mass is 9.93. The average Bonchev–Trinajstić information content (AvgIpc) is 2.62. The highest BCUT2D eigenvalue weighted by Crippen LogP contribution is 2.28. The summed E-state index contributed by atoms with van der Waals surface area (Å²) in [5.74, 6) is 1.05. The van der Waals surface area contributed by atoms with Crippen LogP contribution < -0.4 is 9.62 Å². The molecule has 0 aromatic carbocycles. The molecule has 1 aliphatic heterocycles. The van der Waals surface area contributed by atoms with E-state index in [1.54, 1.807) is 6.20 Å². The average molecular weight is 446 g/mol. The molecule has 2 aliphatic rings. The third kappa shape index (κ3) is 5.90. The van der Waals surface area contributed by atoms with Crippen molar-refractivity contribution in [1.29, 1.82) is 0 Å². The minimum atomic E-state index is -3.24. The molecule has 1 saturated carbocycles. The fourth-order valence-electron chi connectivity index (χ4n) is 3.83. The zero-order chi connectivity index (χ0) is 18.6. The molecule has 3 rings (SSSR count). The lowest BCUT2D eigenvalue weighted by molar-refractivity contribution is 0.00181. The summed E-state index contributed by atoms with van der Waals surface area (Å²) in [6, 6.07) is 5.80. The van der Waals surface area contributed by atoms with Gasteiger partial charge in [-0.2, -0.15) is 0 Å².